The summed E-state index contributed by atoms with van der Waals surface area (Å²) in [6, 6.07) is 25.7. The highest BCUT2D eigenvalue weighted by molar-refractivity contribution is 7.79. The molecule has 0 aliphatic rings. The fourth-order valence-corrected chi connectivity index (χ4v) is 4.82. The second-order valence-corrected chi connectivity index (χ2v) is 7.52. The van der Waals surface area contributed by atoms with Crippen LogP contribution in [0.2, 0.25) is 0 Å². The quantitative estimate of drug-likeness (QED) is 0.495. The predicted octanol–water partition coefficient (Wildman–Crippen LogP) is 3.96. The lowest BCUT2D eigenvalue weighted by Gasteiger charge is -2.18. The van der Waals surface area contributed by atoms with E-state index in [1.807, 2.05) is 12.3 Å². The molecule has 0 amide bonds. The Morgan fingerprint density at radius 3 is 2.04 bits per heavy atom. The van der Waals surface area contributed by atoms with Crippen molar-refractivity contribution >= 4 is 24.0 Å². The summed E-state index contributed by atoms with van der Waals surface area (Å²) >= 11 is 0. The molecule has 1 aromatic heterocycles. The number of pyridine rings is 1. The molecule has 0 atom stereocenters. The second kappa shape index (κ2) is 7.85. The number of hydrogen-bond donors (Lipinski definition) is 0. The average Bonchev–Trinajstić information content (AvgIpc) is 2.62. The van der Waals surface area contributed by atoms with Crippen LogP contribution in [-0.2, 0) is 6.42 Å². The van der Waals surface area contributed by atoms with Gasteiger partial charge < -0.3 is 0 Å². The molecule has 2 aromatic carbocycles. The Hall–Kier alpha value is -2.24. The fourth-order valence-electron chi connectivity index (χ4n) is 2.57. The van der Waals surface area contributed by atoms with Gasteiger partial charge in [0.2, 0.25) is 0 Å². The maximum Gasteiger partial charge on any atom is 0.0723 e. The van der Waals surface area contributed by atoms with Gasteiger partial charge in [0.1, 0.15) is 0 Å². The van der Waals surface area contributed by atoms with Gasteiger partial charge in [-0.1, -0.05) is 66.7 Å². The van der Waals surface area contributed by atoms with Crippen LogP contribution >= 0.6 is 7.92 Å². The lowest BCUT2D eigenvalue weighted by Crippen LogP contribution is -2.23. The zero-order chi connectivity index (χ0) is 15.9. The second-order valence-electron chi connectivity index (χ2n) is 5.36. The van der Waals surface area contributed by atoms with Gasteiger partial charge in [-0.05, 0) is 41.1 Å². The summed E-state index contributed by atoms with van der Waals surface area (Å²) in [6.07, 6.45) is 5.93. The highest BCUT2D eigenvalue weighted by Crippen LogP contribution is 2.31. The van der Waals surface area contributed by atoms with Gasteiger partial charge in [0, 0.05) is 14.1 Å². The fraction of sp³-hybridized carbons (Fsp3) is 0.0952. The van der Waals surface area contributed by atoms with E-state index < -0.39 is 7.92 Å². The van der Waals surface area contributed by atoms with Gasteiger partial charge in [-0.3, -0.25) is 4.98 Å². The summed E-state index contributed by atoms with van der Waals surface area (Å²) in [7, 11) is -0.614. The third kappa shape index (κ3) is 3.94. The molecule has 2 heteroatoms. The van der Waals surface area contributed by atoms with E-state index in [4.69, 9.17) is 4.98 Å². The van der Waals surface area contributed by atoms with Crippen molar-refractivity contribution in [1.82, 2.24) is 4.98 Å². The Kier molecular flexibility index (Phi) is 5.34. The van der Waals surface area contributed by atoms with Crippen LogP contribution < -0.4 is 16.0 Å². The minimum atomic E-state index is -0.614. The maximum absolute atomic E-state index is 4.70. The largest absolute Gasteiger partial charge is 0.256 e. The van der Waals surface area contributed by atoms with Crippen molar-refractivity contribution in [3.63, 3.8) is 0 Å². The molecule has 0 spiro atoms. The molecule has 114 valence electrons. The first-order valence-electron chi connectivity index (χ1n) is 7.84. The van der Waals surface area contributed by atoms with Crippen molar-refractivity contribution in [3.05, 3.63) is 97.2 Å². The van der Waals surface area contributed by atoms with E-state index in [0.717, 1.165) is 12.8 Å². The van der Waals surface area contributed by atoms with Gasteiger partial charge in [-0.2, -0.15) is 0 Å². The van der Waals surface area contributed by atoms with Gasteiger partial charge >= 0.3 is 0 Å². The number of allylic oxidation sites excluding steroid dienone is 1. The Morgan fingerprint density at radius 2 is 1.48 bits per heavy atom. The molecule has 0 unspecified atom stereocenters. The van der Waals surface area contributed by atoms with Crippen molar-refractivity contribution in [2.24, 2.45) is 0 Å². The smallest absolute Gasteiger partial charge is 0.0723 e. The SMILES string of the molecule is C=CCCc1ccnc(P(c2ccccc2)c2ccccc2)c1. The number of benzene rings is 2. The Bertz CT molecular complexity index is 714. The molecule has 0 bridgehead atoms. The van der Waals surface area contributed by atoms with E-state index in [1.54, 1.807) is 0 Å². The van der Waals surface area contributed by atoms with Gasteiger partial charge in [-0.15, -0.1) is 6.58 Å². The minimum absolute atomic E-state index is 0.614. The summed E-state index contributed by atoms with van der Waals surface area (Å²) in [5.41, 5.74) is 2.49. The Labute approximate surface area is 139 Å². The molecule has 1 heterocycles. The average molecular weight is 317 g/mol. The Morgan fingerprint density at radius 1 is 0.870 bits per heavy atom. The molecule has 3 aromatic rings. The molecule has 23 heavy (non-hydrogen) atoms. The number of rotatable bonds is 6. The lowest BCUT2D eigenvalue weighted by atomic mass is 10.1. The van der Waals surface area contributed by atoms with Crippen molar-refractivity contribution in [2.75, 3.05) is 0 Å². The van der Waals surface area contributed by atoms with E-state index in [1.165, 1.54) is 21.6 Å². The topological polar surface area (TPSA) is 12.9 Å². The van der Waals surface area contributed by atoms with Gasteiger partial charge in [-0.25, -0.2) is 0 Å². The van der Waals surface area contributed by atoms with Crippen molar-refractivity contribution in [3.8, 4) is 0 Å². The first-order chi connectivity index (χ1) is 11.4. The van der Waals surface area contributed by atoms with Crippen LogP contribution in [-0.4, -0.2) is 4.98 Å². The van der Waals surface area contributed by atoms with E-state index in [9.17, 15) is 0 Å². The van der Waals surface area contributed by atoms with E-state index >= 15 is 0 Å². The van der Waals surface area contributed by atoms with Crippen LogP contribution in [0, 0.1) is 0 Å². The van der Waals surface area contributed by atoms with E-state index in [2.05, 4.69) is 79.4 Å². The first kappa shape index (κ1) is 15.6. The van der Waals surface area contributed by atoms with Crippen molar-refractivity contribution in [2.45, 2.75) is 12.8 Å². The summed E-state index contributed by atoms with van der Waals surface area (Å²) in [5, 5.41) is 2.67. The zero-order valence-corrected chi connectivity index (χ0v) is 14.0. The van der Waals surface area contributed by atoms with Crippen LogP contribution in [0.5, 0.6) is 0 Å². The summed E-state index contributed by atoms with van der Waals surface area (Å²) in [4.78, 5) is 4.70. The van der Waals surface area contributed by atoms with Crippen LogP contribution in [0.4, 0.5) is 0 Å². The summed E-state index contributed by atoms with van der Waals surface area (Å²) in [6.45, 7) is 3.82. The lowest BCUT2D eigenvalue weighted by molar-refractivity contribution is 1.00. The molecule has 0 radical (unpaired) electrons. The van der Waals surface area contributed by atoms with E-state index in [-0.39, 0.29) is 0 Å². The van der Waals surface area contributed by atoms with Crippen LogP contribution in [0.15, 0.2) is 91.6 Å². The van der Waals surface area contributed by atoms with Crippen LogP contribution in [0.25, 0.3) is 0 Å². The molecular formula is C21H20NP. The summed E-state index contributed by atoms with van der Waals surface area (Å²) in [5.74, 6) is 0. The molecule has 0 fully saturated rings. The van der Waals surface area contributed by atoms with Crippen LogP contribution in [0.3, 0.4) is 0 Å². The molecule has 0 N–H and O–H groups in total. The predicted molar refractivity (Wildman–Crippen MR) is 101 cm³/mol. The van der Waals surface area contributed by atoms with Gasteiger partial charge in [0.05, 0.1) is 5.44 Å². The third-order valence-corrected chi connectivity index (χ3v) is 6.04. The molecule has 0 aliphatic carbocycles. The minimum Gasteiger partial charge on any atom is -0.256 e. The summed E-state index contributed by atoms with van der Waals surface area (Å²) < 4.78 is 0. The number of aryl methyl sites for hydroxylation is 1. The van der Waals surface area contributed by atoms with Crippen molar-refractivity contribution in [1.29, 1.82) is 0 Å². The normalized spacial score (nSPS) is 10.7. The van der Waals surface area contributed by atoms with Crippen molar-refractivity contribution < 1.29 is 0 Å². The first-order valence-corrected chi connectivity index (χ1v) is 9.19. The molecule has 0 saturated carbocycles. The van der Waals surface area contributed by atoms with E-state index in [0.29, 0.717) is 0 Å². The number of hydrogen-bond acceptors (Lipinski definition) is 1. The molecule has 0 aliphatic heterocycles. The standard InChI is InChI=1S/C21H20NP/c1-2-3-10-18-15-16-22-21(17-18)23(19-11-6-4-7-12-19)20-13-8-5-9-14-20/h2,4-9,11-17H,1,3,10H2. The highest BCUT2D eigenvalue weighted by atomic mass is 31.1. The number of nitrogens with zero attached hydrogens (tertiary/aromatic N) is 1. The highest BCUT2D eigenvalue weighted by Gasteiger charge is 2.17. The maximum atomic E-state index is 4.70. The zero-order valence-electron chi connectivity index (χ0n) is 13.1. The molecule has 0 saturated heterocycles. The molecular weight excluding hydrogens is 297 g/mol. The third-order valence-electron chi connectivity index (χ3n) is 3.70. The number of aromatic nitrogens is 1. The monoisotopic (exact) mass is 317 g/mol. The van der Waals surface area contributed by atoms with Crippen LogP contribution in [0.1, 0.15) is 12.0 Å². The molecule has 3 rings (SSSR count). The Balaban J connectivity index is 2.04. The van der Waals surface area contributed by atoms with Gasteiger partial charge in [0.15, 0.2) is 0 Å². The molecule has 1 nitrogen and oxygen atoms in total. The van der Waals surface area contributed by atoms with Gasteiger partial charge in [0.25, 0.3) is 0 Å².